The minimum absolute atomic E-state index is 0.302. The van der Waals surface area contributed by atoms with Crippen molar-refractivity contribution >= 4 is 5.78 Å². The standard InChI is InChI=1S/C13H28N2O/c1-14(2,3)9-11-7-8-12(13(11)16)10-15(4,5)6/h11-12H,7-10H2,1-6H3/q+2/t11-,12+. The Bertz CT molecular complexity index is 234. The van der Waals surface area contributed by atoms with E-state index in [-0.39, 0.29) is 0 Å². The van der Waals surface area contributed by atoms with E-state index in [9.17, 15) is 4.79 Å². The highest BCUT2D eigenvalue weighted by Crippen LogP contribution is 2.29. The van der Waals surface area contributed by atoms with Gasteiger partial charge in [0.1, 0.15) is 5.78 Å². The summed E-state index contributed by atoms with van der Waals surface area (Å²) in [6.07, 6.45) is 2.19. The predicted octanol–water partition coefficient (Wildman–Crippen LogP) is 0.994. The molecule has 3 heteroatoms. The van der Waals surface area contributed by atoms with E-state index in [4.69, 9.17) is 0 Å². The van der Waals surface area contributed by atoms with E-state index in [1.54, 1.807) is 0 Å². The van der Waals surface area contributed by atoms with Crippen molar-refractivity contribution in [3.8, 4) is 0 Å². The molecule has 94 valence electrons. The van der Waals surface area contributed by atoms with Gasteiger partial charge in [0, 0.05) is 0 Å². The molecule has 0 heterocycles. The topological polar surface area (TPSA) is 17.1 Å². The Morgan fingerprint density at radius 3 is 1.44 bits per heavy atom. The highest BCUT2D eigenvalue weighted by Gasteiger charge is 2.39. The van der Waals surface area contributed by atoms with Crippen LogP contribution in [0.25, 0.3) is 0 Å². The van der Waals surface area contributed by atoms with Crippen molar-refractivity contribution in [1.82, 2.24) is 0 Å². The Balaban J connectivity index is 2.55. The average molecular weight is 228 g/mol. The molecule has 1 fully saturated rings. The fraction of sp³-hybridized carbons (Fsp3) is 0.923. The Morgan fingerprint density at radius 1 is 0.875 bits per heavy atom. The molecule has 3 nitrogen and oxygen atoms in total. The lowest BCUT2D eigenvalue weighted by molar-refractivity contribution is -0.873. The largest absolute Gasteiger partial charge is 0.330 e. The normalized spacial score (nSPS) is 27.5. The maximum Gasteiger partial charge on any atom is 0.150 e. The molecular weight excluding hydrogens is 200 g/mol. The molecule has 1 aliphatic carbocycles. The molecule has 0 aromatic carbocycles. The maximum atomic E-state index is 12.2. The number of hydrogen-bond donors (Lipinski definition) is 0. The summed E-state index contributed by atoms with van der Waals surface area (Å²) in [6.45, 7) is 1.99. The average Bonchev–Trinajstić information content (AvgIpc) is 2.30. The first-order chi connectivity index (χ1) is 7.08. The third-order valence-corrected chi connectivity index (χ3v) is 3.20. The van der Waals surface area contributed by atoms with Crippen molar-refractivity contribution in [2.75, 3.05) is 55.4 Å². The van der Waals surface area contributed by atoms with Gasteiger partial charge in [0.25, 0.3) is 0 Å². The molecule has 16 heavy (non-hydrogen) atoms. The second-order valence-corrected chi connectivity index (χ2v) is 7.32. The van der Waals surface area contributed by atoms with Crippen molar-refractivity contribution in [2.24, 2.45) is 11.8 Å². The van der Waals surface area contributed by atoms with Gasteiger partial charge >= 0.3 is 0 Å². The number of rotatable bonds is 4. The fourth-order valence-corrected chi connectivity index (χ4v) is 2.71. The van der Waals surface area contributed by atoms with Crippen LogP contribution in [-0.4, -0.2) is 70.1 Å². The fourth-order valence-electron chi connectivity index (χ4n) is 2.71. The van der Waals surface area contributed by atoms with Crippen LogP contribution in [0.5, 0.6) is 0 Å². The van der Waals surface area contributed by atoms with Crippen LogP contribution in [0.4, 0.5) is 0 Å². The highest BCUT2D eigenvalue weighted by atomic mass is 16.1. The second-order valence-electron chi connectivity index (χ2n) is 7.32. The number of nitrogens with zero attached hydrogens (tertiary/aromatic N) is 2. The van der Waals surface area contributed by atoms with Crippen LogP contribution in [0, 0.1) is 11.8 Å². The molecule has 0 aromatic rings. The zero-order valence-electron chi connectivity index (χ0n) is 11.8. The number of carbonyl (C=O) groups excluding carboxylic acids is 1. The molecule has 0 aliphatic heterocycles. The van der Waals surface area contributed by atoms with Crippen LogP contribution in [0.1, 0.15) is 12.8 Å². The molecule has 0 N–H and O–H groups in total. The quantitative estimate of drug-likeness (QED) is 0.656. The van der Waals surface area contributed by atoms with E-state index in [0.717, 1.165) is 34.9 Å². The summed E-state index contributed by atoms with van der Waals surface area (Å²) in [5.41, 5.74) is 0. The first-order valence-corrected chi connectivity index (χ1v) is 6.23. The van der Waals surface area contributed by atoms with Gasteiger partial charge in [-0.05, 0) is 12.8 Å². The third kappa shape index (κ3) is 4.22. The molecular formula is C13H28N2O+2. The van der Waals surface area contributed by atoms with Gasteiger partial charge in [-0.15, -0.1) is 0 Å². The smallest absolute Gasteiger partial charge is 0.150 e. The molecule has 1 aliphatic rings. The lowest BCUT2D eigenvalue weighted by atomic mass is 10.0. The first kappa shape index (κ1) is 13.7. The van der Waals surface area contributed by atoms with E-state index >= 15 is 0 Å². The van der Waals surface area contributed by atoms with Crippen molar-refractivity contribution in [3.05, 3.63) is 0 Å². The Kier molecular flexibility index (Phi) is 3.80. The summed E-state index contributed by atoms with van der Waals surface area (Å²) >= 11 is 0. The third-order valence-electron chi connectivity index (χ3n) is 3.20. The monoisotopic (exact) mass is 228 g/mol. The number of Topliss-reactive ketones (excluding diaryl/α,β-unsaturated/α-hetero) is 1. The lowest BCUT2D eigenvalue weighted by Crippen LogP contribution is -2.43. The van der Waals surface area contributed by atoms with Gasteiger partial charge < -0.3 is 8.97 Å². The highest BCUT2D eigenvalue weighted by molar-refractivity contribution is 5.85. The van der Waals surface area contributed by atoms with Gasteiger partial charge in [0.15, 0.2) is 0 Å². The van der Waals surface area contributed by atoms with Crippen molar-refractivity contribution < 1.29 is 13.8 Å². The van der Waals surface area contributed by atoms with Gasteiger partial charge in [-0.3, -0.25) is 4.79 Å². The Labute approximate surface area is 100 Å². The summed E-state index contributed by atoms with van der Waals surface area (Å²) in [7, 11) is 13.0. The van der Waals surface area contributed by atoms with Crippen molar-refractivity contribution in [1.29, 1.82) is 0 Å². The SMILES string of the molecule is C[N+](C)(C)C[C@H]1CC[C@@H](C[N+](C)(C)C)C1=O. The van der Waals surface area contributed by atoms with Crippen LogP contribution in [-0.2, 0) is 4.79 Å². The minimum atomic E-state index is 0.302. The van der Waals surface area contributed by atoms with E-state index in [1.165, 1.54) is 0 Å². The molecule has 0 bridgehead atoms. The minimum Gasteiger partial charge on any atom is -0.330 e. The van der Waals surface area contributed by atoms with E-state index in [0.29, 0.717) is 17.6 Å². The predicted molar refractivity (Wildman–Crippen MR) is 67.0 cm³/mol. The van der Waals surface area contributed by atoms with E-state index in [1.807, 2.05) is 0 Å². The van der Waals surface area contributed by atoms with E-state index < -0.39 is 0 Å². The lowest BCUT2D eigenvalue weighted by Gasteiger charge is -2.28. The van der Waals surface area contributed by atoms with Crippen LogP contribution >= 0.6 is 0 Å². The molecule has 0 aromatic heterocycles. The first-order valence-electron chi connectivity index (χ1n) is 6.23. The molecule has 0 unspecified atom stereocenters. The zero-order valence-corrected chi connectivity index (χ0v) is 11.8. The summed E-state index contributed by atoms with van der Waals surface area (Å²) in [6, 6.07) is 0. The van der Waals surface area contributed by atoms with Crippen molar-refractivity contribution in [3.63, 3.8) is 0 Å². The Morgan fingerprint density at radius 2 is 1.19 bits per heavy atom. The molecule has 1 rings (SSSR count). The Hall–Kier alpha value is -0.410. The van der Waals surface area contributed by atoms with Crippen LogP contribution in [0.3, 0.4) is 0 Å². The summed E-state index contributed by atoms with van der Waals surface area (Å²) < 4.78 is 1.79. The molecule has 0 spiro atoms. The molecule has 0 amide bonds. The number of hydrogen-bond acceptors (Lipinski definition) is 1. The number of carbonyl (C=O) groups is 1. The van der Waals surface area contributed by atoms with Gasteiger partial charge in [-0.2, -0.15) is 0 Å². The van der Waals surface area contributed by atoms with Gasteiger partial charge in [-0.1, -0.05) is 0 Å². The summed E-state index contributed by atoms with van der Waals surface area (Å²) in [4.78, 5) is 12.2. The van der Waals surface area contributed by atoms with Gasteiger partial charge in [0.05, 0.1) is 67.2 Å². The molecule has 1 saturated carbocycles. The van der Waals surface area contributed by atoms with Crippen molar-refractivity contribution in [2.45, 2.75) is 12.8 Å². The molecule has 2 atom stereocenters. The van der Waals surface area contributed by atoms with E-state index in [2.05, 4.69) is 42.3 Å². The second kappa shape index (κ2) is 4.46. The number of quaternary nitrogens is 2. The summed E-state index contributed by atoms with van der Waals surface area (Å²) in [5, 5.41) is 0. The van der Waals surface area contributed by atoms with Crippen LogP contribution < -0.4 is 0 Å². The zero-order chi connectivity index (χ0) is 12.6. The van der Waals surface area contributed by atoms with Gasteiger partial charge in [0.2, 0.25) is 0 Å². The molecule has 0 radical (unpaired) electrons. The summed E-state index contributed by atoms with van der Waals surface area (Å²) in [5.74, 6) is 1.12. The maximum absolute atomic E-state index is 12.2. The van der Waals surface area contributed by atoms with Crippen LogP contribution in [0.15, 0.2) is 0 Å². The van der Waals surface area contributed by atoms with Crippen LogP contribution in [0.2, 0.25) is 0 Å². The van der Waals surface area contributed by atoms with Gasteiger partial charge in [-0.25, -0.2) is 0 Å². The molecule has 0 saturated heterocycles. The number of ketones is 1.